The largest absolute Gasteiger partial charge is 0.294 e. The summed E-state index contributed by atoms with van der Waals surface area (Å²) in [6.45, 7) is 10.8. The van der Waals surface area contributed by atoms with Gasteiger partial charge in [0, 0.05) is 17.5 Å². The molecule has 0 aromatic heterocycles. The molecule has 1 atom stereocenters. The fourth-order valence-electron chi connectivity index (χ4n) is 2.69. The topological polar surface area (TPSA) is 12.4 Å². The van der Waals surface area contributed by atoms with E-state index in [1.807, 2.05) is 0 Å². The molecule has 0 amide bonds. The van der Waals surface area contributed by atoms with Crippen LogP contribution in [0.5, 0.6) is 0 Å². The third-order valence-electron chi connectivity index (χ3n) is 3.57. The first-order valence-corrected chi connectivity index (χ1v) is 13.3. The zero-order valence-corrected chi connectivity index (χ0v) is 15.3. The molecule has 1 nitrogen and oxygen atoms in total. The summed E-state index contributed by atoms with van der Waals surface area (Å²) < 4.78 is 0. The minimum absolute atomic E-state index is 0.864. The van der Waals surface area contributed by atoms with Gasteiger partial charge in [0.15, 0.2) is 0 Å². The lowest BCUT2D eigenvalue weighted by Gasteiger charge is -2.23. The van der Waals surface area contributed by atoms with E-state index in [9.17, 15) is 0 Å². The first kappa shape index (κ1) is 17.3. The Labute approximate surface area is 125 Å². The average molecular weight is 300 g/mol. The van der Waals surface area contributed by atoms with E-state index < -0.39 is 7.22 Å². The van der Waals surface area contributed by atoms with Crippen LogP contribution in [0.25, 0.3) is 0 Å². The van der Waals surface area contributed by atoms with Gasteiger partial charge in [-0.15, -0.1) is 0 Å². The molecule has 0 bridgehead atoms. The first-order chi connectivity index (χ1) is 9.01. The molecule has 1 rings (SSSR count). The van der Waals surface area contributed by atoms with Gasteiger partial charge in [-0.05, 0) is 32.1 Å². The van der Waals surface area contributed by atoms with Crippen LogP contribution in [-0.4, -0.2) is 24.7 Å². The van der Waals surface area contributed by atoms with Gasteiger partial charge >= 0.3 is 0 Å². The Bertz CT molecular complexity index is 270. The zero-order chi connectivity index (χ0) is 14.1. The van der Waals surface area contributed by atoms with Gasteiger partial charge < -0.3 is 0 Å². The van der Waals surface area contributed by atoms with Crippen molar-refractivity contribution in [3.63, 3.8) is 0 Å². The highest BCUT2D eigenvalue weighted by molar-refractivity contribution is 8.29. The van der Waals surface area contributed by atoms with Crippen LogP contribution in [0, 0.1) is 0 Å². The van der Waals surface area contributed by atoms with E-state index in [1.165, 1.54) is 63.5 Å². The molecule has 0 spiro atoms. The van der Waals surface area contributed by atoms with Crippen molar-refractivity contribution >= 4 is 24.1 Å². The second kappa shape index (κ2) is 9.22. The van der Waals surface area contributed by atoms with Crippen molar-refractivity contribution in [1.82, 2.24) is 0 Å². The summed E-state index contributed by atoms with van der Waals surface area (Å²) in [6.07, 6.45) is 12.1. The molecule has 0 saturated heterocycles. The molecule has 112 valence electrons. The Kier molecular flexibility index (Phi) is 8.39. The number of aliphatic imine (C=N–C) groups is 1. The number of nitrogens with zero attached hydrogens (tertiary/aromatic N) is 1. The Hall–Kier alpha value is 0.237. The van der Waals surface area contributed by atoms with E-state index in [1.54, 1.807) is 0 Å². The van der Waals surface area contributed by atoms with Crippen molar-refractivity contribution < 1.29 is 0 Å². The van der Waals surface area contributed by atoms with Crippen molar-refractivity contribution in [3.8, 4) is 0 Å². The molecule has 0 heterocycles. The van der Waals surface area contributed by atoms with Gasteiger partial charge in [-0.3, -0.25) is 4.99 Å². The molecule has 19 heavy (non-hydrogen) atoms. The Balaban J connectivity index is 2.37. The lowest BCUT2D eigenvalue weighted by Crippen LogP contribution is -2.21. The molecule has 0 aliphatic heterocycles. The van der Waals surface area contributed by atoms with E-state index in [4.69, 9.17) is 4.99 Å². The highest BCUT2D eigenvalue weighted by atomic mass is 32.4. The molecule has 0 aromatic rings. The molecule has 0 aromatic carbocycles. The summed E-state index contributed by atoms with van der Waals surface area (Å²) in [7, 11) is -0.984. The van der Waals surface area contributed by atoms with Gasteiger partial charge in [-0.25, -0.2) is 0 Å². The number of unbranched alkanes of at least 4 members (excludes halogenated alkanes) is 3. The van der Waals surface area contributed by atoms with Gasteiger partial charge in [0.1, 0.15) is 7.22 Å². The Morgan fingerprint density at radius 3 is 2.63 bits per heavy atom. The van der Waals surface area contributed by atoms with E-state index in [-0.39, 0.29) is 0 Å². The Morgan fingerprint density at radius 1 is 1.16 bits per heavy atom. The van der Waals surface area contributed by atoms with Crippen molar-refractivity contribution in [2.45, 2.75) is 89.6 Å². The minimum Gasteiger partial charge on any atom is -0.294 e. The van der Waals surface area contributed by atoms with Crippen LogP contribution in [0.1, 0.15) is 64.7 Å². The van der Waals surface area contributed by atoms with Crippen LogP contribution in [0.4, 0.5) is 0 Å². The van der Waals surface area contributed by atoms with Crippen LogP contribution in [-0.2, 0) is 0 Å². The van der Waals surface area contributed by atoms with E-state index in [2.05, 4.69) is 37.8 Å². The van der Waals surface area contributed by atoms with E-state index in [0.717, 1.165) is 11.8 Å². The highest BCUT2D eigenvalue weighted by Crippen LogP contribution is 2.33. The molecule has 1 aliphatic carbocycles. The first-order valence-electron chi connectivity index (χ1n) is 8.21. The second-order valence-electron chi connectivity index (χ2n) is 6.81. The maximum absolute atomic E-state index is 4.91. The van der Waals surface area contributed by atoms with Gasteiger partial charge in [0.05, 0.1) is 0 Å². The molecular weight excluding hydrogens is 266 g/mol. The maximum Gasteiger partial charge on any atom is 0.108 e. The average Bonchev–Trinajstić information content (AvgIpc) is 2.52. The standard InChI is InChI=1S/C16H33NSSi/c1-5-6-7-10-13-17-15-11-8-9-12-16(14-15)18-19(2,3)4/h16H,5-14H2,1-4H3. The molecule has 3 heteroatoms. The maximum atomic E-state index is 4.91. The molecular formula is C16H33NSSi. The smallest absolute Gasteiger partial charge is 0.108 e. The van der Waals surface area contributed by atoms with Gasteiger partial charge in [0.2, 0.25) is 0 Å². The quantitative estimate of drug-likeness (QED) is 0.323. The van der Waals surface area contributed by atoms with Crippen LogP contribution >= 0.6 is 11.2 Å². The van der Waals surface area contributed by atoms with E-state index >= 15 is 0 Å². The molecule has 1 unspecified atom stereocenters. The summed E-state index contributed by atoms with van der Waals surface area (Å²) >= 11 is 2.30. The van der Waals surface area contributed by atoms with Crippen molar-refractivity contribution in [2.24, 2.45) is 4.99 Å². The van der Waals surface area contributed by atoms with Gasteiger partial charge in [-0.2, -0.15) is 11.2 Å². The van der Waals surface area contributed by atoms with Crippen LogP contribution in [0.15, 0.2) is 4.99 Å². The summed E-state index contributed by atoms with van der Waals surface area (Å²) in [5.74, 6) is 0. The molecule has 0 radical (unpaired) electrons. The van der Waals surface area contributed by atoms with E-state index in [0.29, 0.717) is 0 Å². The lowest BCUT2D eigenvalue weighted by molar-refractivity contribution is 0.673. The lowest BCUT2D eigenvalue weighted by atomic mass is 10.1. The Morgan fingerprint density at radius 2 is 1.95 bits per heavy atom. The van der Waals surface area contributed by atoms with Crippen molar-refractivity contribution in [3.05, 3.63) is 0 Å². The SMILES string of the molecule is CCCCCCN=C1CCCCC(S[Si](C)(C)C)C1. The zero-order valence-electron chi connectivity index (χ0n) is 13.5. The highest BCUT2D eigenvalue weighted by Gasteiger charge is 2.23. The second-order valence-corrected chi connectivity index (χ2v) is 16.3. The fraction of sp³-hybridized carbons (Fsp3) is 0.938. The van der Waals surface area contributed by atoms with Gasteiger partial charge in [-0.1, -0.05) is 52.2 Å². The molecule has 1 aliphatic rings. The summed E-state index contributed by atoms with van der Waals surface area (Å²) in [6, 6.07) is 0. The minimum atomic E-state index is -0.984. The monoisotopic (exact) mass is 299 g/mol. The molecule has 1 fully saturated rings. The van der Waals surface area contributed by atoms with Gasteiger partial charge in [0.25, 0.3) is 0 Å². The predicted octanol–water partition coefficient (Wildman–Crippen LogP) is 5.91. The van der Waals surface area contributed by atoms with Crippen LogP contribution in [0.2, 0.25) is 19.6 Å². The summed E-state index contributed by atoms with van der Waals surface area (Å²) in [5, 5.41) is 0.864. The molecule has 0 N–H and O–H groups in total. The van der Waals surface area contributed by atoms with Crippen LogP contribution in [0.3, 0.4) is 0 Å². The predicted molar refractivity (Wildman–Crippen MR) is 94.3 cm³/mol. The normalized spacial score (nSPS) is 23.6. The fourth-order valence-corrected chi connectivity index (χ4v) is 7.85. The summed E-state index contributed by atoms with van der Waals surface area (Å²) in [5.41, 5.74) is 1.53. The third kappa shape index (κ3) is 8.90. The number of hydrogen-bond donors (Lipinski definition) is 0. The number of hydrogen-bond acceptors (Lipinski definition) is 2. The third-order valence-corrected chi connectivity index (χ3v) is 8.14. The van der Waals surface area contributed by atoms with Crippen molar-refractivity contribution in [1.29, 1.82) is 0 Å². The van der Waals surface area contributed by atoms with Crippen molar-refractivity contribution in [2.75, 3.05) is 6.54 Å². The summed E-state index contributed by atoms with van der Waals surface area (Å²) in [4.78, 5) is 4.91. The molecule has 1 saturated carbocycles. The number of rotatable bonds is 7. The van der Waals surface area contributed by atoms with Crippen LogP contribution < -0.4 is 0 Å².